The summed E-state index contributed by atoms with van der Waals surface area (Å²) in [5.74, 6) is -5.21. The lowest BCUT2D eigenvalue weighted by Crippen LogP contribution is -2.43. The van der Waals surface area contributed by atoms with Crippen molar-refractivity contribution in [3.05, 3.63) is 53.4 Å². The van der Waals surface area contributed by atoms with Gasteiger partial charge in [0.05, 0.1) is 0 Å². The molecule has 4 heterocycles. The highest BCUT2D eigenvalue weighted by molar-refractivity contribution is 7.98. The first-order valence-electron chi connectivity index (χ1n) is 15.8. The first-order chi connectivity index (χ1) is 25.4. The first kappa shape index (κ1) is 41.1. The number of thioether (sulfide) groups is 1. The van der Waals surface area contributed by atoms with Gasteiger partial charge in [-0.05, 0) is 0 Å². The topological polar surface area (TPSA) is 299 Å². The Morgan fingerprint density at radius 3 is 1.57 bits per heavy atom. The predicted molar refractivity (Wildman–Crippen MR) is 173 cm³/mol. The number of H-pyrrole nitrogens is 2. The fourth-order valence-corrected chi connectivity index (χ4v) is 6.26. The molecule has 0 saturated carbocycles. The summed E-state index contributed by atoms with van der Waals surface area (Å²) in [6, 6.07) is 0. The zero-order chi connectivity index (χ0) is 40.0. The Morgan fingerprint density at radius 1 is 0.648 bits per heavy atom. The molecule has 0 bridgehead atoms. The van der Waals surface area contributed by atoms with E-state index in [1.807, 2.05) is 4.98 Å². The summed E-state index contributed by atoms with van der Waals surface area (Å²) < 4.78 is 44.3. The Bertz CT molecular complexity index is 1900. The molecule has 4 rings (SSSR count). The number of aromatic nitrogens is 5. The minimum atomic E-state index is -1.63. The van der Waals surface area contributed by atoms with Crippen LogP contribution in [0.25, 0.3) is 0 Å². The Balaban J connectivity index is 1.68. The van der Waals surface area contributed by atoms with Crippen molar-refractivity contribution in [2.24, 2.45) is 0 Å². The number of hydrogen-bond donors (Lipinski definition) is 2. The highest BCUT2D eigenvalue weighted by Crippen LogP contribution is 2.35. The van der Waals surface area contributed by atoms with Crippen LogP contribution >= 0.6 is 11.8 Å². The highest BCUT2D eigenvalue weighted by atomic mass is 32.2. The highest BCUT2D eigenvalue weighted by Gasteiger charge is 2.52. The van der Waals surface area contributed by atoms with E-state index in [0.29, 0.717) is 16.4 Å². The second-order valence-corrected chi connectivity index (χ2v) is 12.6. The van der Waals surface area contributed by atoms with E-state index in [9.17, 15) is 47.9 Å². The van der Waals surface area contributed by atoms with Gasteiger partial charge >= 0.3 is 47.2 Å². The number of ether oxygens (including phenoxy) is 8. The molecule has 0 radical (unpaired) electrons. The number of aromatic amines is 2. The van der Waals surface area contributed by atoms with Crippen LogP contribution < -0.4 is 22.5 Å². The lowest BCUT2D eigenvalue weighted by molar-refractivity contribution is -0.166. The van der Waals surface area contributed by atoms with Gasteiger partial charge in [0.25, 0.3) is 11.1 Å². The van der Waals surface area contributed by atoms with E-state index >= 15 is 0 Å². The van der Waals surface area contributed by atoms with Crippen molar-refractivity contribution >= 4 is 47.6 Å². The van der Waals surface area contributed by atoms with Crippen molar-refractivity contribution in [1.29, 1.82) is 0 Å². The Kier molecular flexibility index (Phi) is 13.3. The van der Waals surface area contributed by atoms with Crippen molar-refractivity contribution < 1.29 is 66.7 Å². The van der Waals surface area contributed by atoms with Gasteiger partial charge in [-0.3, -0.25) is 52.9 Å². The number of nitrogens with zero attached hydrogens (tertiary/aromatic N) is 3. The maximum Gasteiger partial charge on any atom is 0.347 e. The summed E-state index contributed by atoms with van der Waals surface area (Å²) in [7, 11) is 0. The fraction of sp³-hybridized carbons (Fsp3) is 0.567. The third kappa shape index (κ3) is 10.1. The summed E-state index contributed by atoms with van der Waals surface area (Å²) in [5, 5.41) is 3.62. The normalized spacial score (nSPS) is 24.6. The van der Waals surface area contributed by atoms with Crippen LogP contribution in [-0.2, 0) is 72.4 Å². The van der Waals surface area contributed by atoms with Gasteiger partial charge in [0.1, 0.15) is 25.4 Å². The molecule has 0 aromatic carbocycles. The monoisotopic (exact) mass is 785 g/mol. The largest absolute Gasteiger partial charge is 0.463 e. The van der Waals surface area contributed by atoms with Crippen LogP contribution in [0.1, 0.15) is 59.6 Å². The Hall–Kier alpha value is -5.62. The summed E-state index contributed by atoms with van der Waals surface area (Å²) in [6.45, 7) is 5.45. The number of esters is 6. The average Bonchev–Trinajstić information content (AvgIpc) is 3.54. The van der Waals surface area contributed by atoms with E-state index in [2.05, 4.69) is 10.1 Å². The second-order valence-electron chi connectivity index (χ2n) is 11.7. The Morgan fingerprint density at radius 2 is 1.09 bits per heavy atom. The molecule has 23 nitrogen and oxygen atoms in total. The maximum absolute atomic E-state index is 13.1. The van der Waals surface area contributed by atoms with Crippen molar-refractivity contribution in [1.82, 2.24) is 24.3 Å². The van der Waals surface area contributed by atoms with Crippen LogP contribution in [0.15, 0.2) is 30.4 Å². The molecule has 2 aliphatic rings. The van der Waals surface area contributed by atoms with Crippen molar-refractivity contribution in [3.63, 3.8) is 0 Å². The predicted octanol–water partition coefficient (Wildman–Crippen LogP) is -2.28. The average molecular weight is 786 g/mol. The van der Waals surface area contributed by atoms with E-state index < -0.39 is 131 Å². The molecule has 2 aliphatic heterocycles. The van der Waals surface area contributed by atoms with Gasteiger partial charge in [0, 0.05) is 59.1 Å². The van der Waals surface area contributed by atoms with Crippen LogP contribution in [-0.4, -0.2) is 110 Å². The summed E-state index contributed by atoms with van der Waals surface area (Å²) in [6.07, 6.45) is -10.4. The van der Waals surface area contributed by atoms with E-state index in [1.54, 1.807) is 0 Å². The molecule has 0 unspecified atom stereocenters. The zero-order valence-electron chi connectivity index (χ0n) is 29.4. The van der Waals surface area contributed by atoms with Crippen LogP contribution in [0.4, 0.5) is 0 Å². The number of hydrogen-bond acceptors (Lipinski definition) is 20. The fourth-order valence-electron chi connectivity index (χ4n) is 5.43. The van der Waals surface area contributed by atoms with Crippen LogP contribution in [0.5, 0.6) is 0 Å². The number of nitrogens with one attached hydrogen (secondary N) is 2. The molecule has 2 saturated heterocycles. The molecule has 2 aromatic rings. The van der Waals surface area contributed by atoms with Gasteiger partial charge < -0.3 is 37.9 Å². The van der Waals surface area contributed by atoms with Gasteiger partial charge in [0.2, 0.25) is 0 Å². The molecule has 0 spiro atoms. The first-order valence-corrected chi connectivity index (χ1v) is 16.8. The third-order valence-corrected chi connectivity index (χ3v) is 8.42. The summed E-state index contributed by atoms with van der Waals surface area (Å²) >= 11 is 0.606. The van der Waals surface area contributed by atoms with Crippen molar-refractivity contribution in [3.8, 4) is 0 Å². The number of carbonyl (C=O) groups excluding carboxylic acids is 6. The van der Waals surface area contributed by atoms with Crippen molar-refractivity contribution in [2.75, 3.05) is 13.2 Å². The third-order valence-electron chi connectivity index (χ3n) is 7.42. The van der Waals surface area contributed by atoms with Gasteiger partial charge in [-0.1, -0.05) is 11.8 Å². The minimum Gasteiger partial charge on any atom is -0.463 e. The standard InChI is InChI=1S/C30H35N5O18S/c1-11(36)46-8-18-20(48-13(3)38)22(50-15(5)40)27(52-18)34-7-17(24(42)31-29(34)44)10-54-26-25(43)32-30(45)35(33-26)28-23(51-16(6)41)21(49-14(4)39)19(53-28)9-47-12(2)37/h7,18-23,27-28H,8-10H2,1-6H3,(H,31,42,44)(H,32,43,45)/t18-,19+,20+,21-,22-,23-,27-,28+/m0/s1. The summed E-state index contributed by atoms with van der Waals surface area (Å²) in [4.78, 5) is 127. The molecule has 0 amide bonds. The zero-order valence-corrected chi connectivity index (χ0v) is 30.2. The lowest BCUT2D eigenvalue weighted by Gasteiger charge is -2.24. The molecule has 2 aromatic heterocycles. The lowest BCUT2D eigenvalue weighted by atomic mass is 10.1. The Labute approximate surface area is 306 Å². The molecule has 24 heteroatoms. The second kappa shape index (κ2) is 17.5. The SMILES string of the molecule is CC(=O)OC[C@@H]1O[C@H](n2cc(CSc3nn([C@@H]4O[C@H](COC(C)=O)[C@H](OC(C)=O)[C@@H]4OC(C)=O)c(=O)[nH]c3=O)c(=O)[nH]c2=O)[C@@H](OC(C)=O)[C@@H]1OC(C)=O. The molecular formula is C30H35N5O18S. The number of carbonyl (C=O) groups is 6. The van der Waals surface area contributed by atoms with Gasteiger partial charge in [-0.25, -0.2) is 9.59 Å². The maximum atomic E-state index is 13.1. The van der Waals surface area contributed by atoms with Crippen LogP contribution in [0.2, 0.25) is 0 Å². The molecule has 54 heavy (non-hydrogen) atoms. The molecule has 8 atom stereocenters. The molecular weight excluding hydrogens is 750 g/mol. The van der Waals surface area contributed by atoms with Gasteiger partial charge in [0.15, 0.2) is 41.9 Å². The number of rotatable bonds is 13. The molecule has 294 valence electrons. The van der Waals surface area contributed by atoms with Gasteiger partial charge in [-0.15, -0.1) is 0 Å². The van der Waals surface area contributed by atoms with E-state index in [-0.39, 0.29) is 5.56 Å². The van der Waals surface area contributed by atoms with Crippen molar-refractivity contribution in [2.45, 2.75) is 101 Å². The minimum absolute atomic E-state index is 0.178. The van der Waals surface area contributed by atoms with E-state index in [4.69, 9.17) is 37.9 Å². The van der Waals surface area contributed by atoms with E-state index in [1.165, 1.54) is 0 Å². The summed E-state index contributed by atoms with van der Waals surface area (Å²) in [5.41, 5.74) is -4.31. The quantitative estimate of drug-likeness (QED) is 0.123. The molecule has 0 aliphatic carbocycles. The van der Waals surface area contributed by atoms with Crippen LogP contribution in [0, 0.1) is 0 Å². The van der Waals surface area contributed by atoms with E-state index in [0.717, 1.165) is 52.3 Å². The van der Waals surface area contributed by atoms with Crippen LogP contribution in [0.3, 0.4) is 0 Å². The molecule has 2 fully saturated rings. The smallest absolute Gasteiger partial charge is 0.347 e. The van der Waals surface area contributed by atoms with Gasteiger partial charge in [-0.2, -0.15) is 9.78 Å². The molecule has 2 N–H and O–H groups in total.